The number of primary sulfonamides is 1. The third kappa shape index (κ3) is 3.52. The number of amides is 1. The molecule has 1 heterocycles. The van der Waals surface area contributed by atoms with Crippen LogP contribution in [0.25, 0.3) is 0 Å². The second kappa shape index (κ2) is 6.01. The molecule has 1 amide bonds. The van der Waals surface area contributed by atoms with Crippen LogP contribution in [0.1, 0.15) is 23.2 Å². The molecule has 0 radical (unpaired) electrons. The number of hydrogen-bond donors (Lipinski definition) is 1. The normalized spacial score (nSPS) is 19.9. The molecule has 1 saturated heterocycles. The van der Waals surface area contributed by atoms with Gasteiger partial charge in [0, 0.05) is 23.1 Å². The van der Waals surface area contributed by atoms with E-state index in [0.717, 1.165) is 0 Å². The number of hydrogen-bond acceptors (Lipinski definition) is 3. The van der Waals surface area contributed by atoms with E-state index in [0.29, 0.717) is 34.4 Å². The van der Waals surface area contributed by atoms with Crippen molar-refractivity contribution in [2.75, 3.05) is 13.1 Å². The third-order valence-corrected chi connectivity index (χ3v) is 5.84. The van der Waals surface area contributed by atoms with Crippen LogP contribution in [0.5, 0.6) is 0 Å². The lowest BCUT2D eigenvalue weighted by molar-refractivity contribution is 0.0727. The number of halogens is 2. The van der Waals surface area contributed by atoms with Crippen LogP contribution >= 0.6 is 27.5 Å². The van der Waals surface area contributed by atoms with Crippen LogP contribution in [0.4, 0.5) is 0 Å². The summed E-state index contributed by atoms with van der Waals surface area (Å²) in [7, 11) is -3.62. The molecule has 0 aliphatic carbocycles. The van der Waals surface area contributed by atoms with E-state index in [1.165, 1.54) is 4.90 Å². The summed E-state index contributed by atoms with van der Waals surface area (Å²) >= 11 is 9.22. The van der Waals surface area contributed by atoms with Crippen molar-refractivity contribution in [1.29, 1.82) is 0 Å². The highest BCUT2D eigenvalue weighted by Crippen LogP contribution is 2.25. The molecule has 5 nitrogen and oxygen atoms in total. The second-order valence-corrected chi connectivity index (χ2v) is 7.84. The van der Waals surface area contributed by atoms with Gasteiger partial charge in [0.2, 0.25) is 10.0 Å². The van der Waals surface area contributed by atoms with Crippen LogP contribution in [0, 0.1) is 0 Å². The number of likely N-dealkylation sites (tertiary alicyclic amines) is 1. The second-order valence-electron chi connectivity index (χ2n) is 4.73. The topological polar surface area (TPSA) is 80.5 Å². The molecular formula is C12H14BrClN2O3S. The van der Waals surface area contributed by atoms with Crippen LogP contribution in [-0.4, -0.2) is 37.6 Å². The summed E-state index contributed by atoms with van der Waals surface area (Å²) < 4.78 is 23.5. The molecule has 8 heteroatoms. The first kappa shape index (κ1) is 15.8. The van der Waals surface area contributed by atoms with Crippen LogP contribution in [0.2, 0.25) is 5.02 Å². The van der Waals surface area contributed by atoms with E-state index in [1.807, 2.05) is 0 Å². The molecule has 1 aliphatic rings. The summed E-state index contributed by atoms with van der Waals surface area (Å²) in [5.74, 6) is -0.229. The minimum atomic E-state index is -3.62. The summed E-state index contributed by atoms with van der Waals surface area (Å²) in [6.45, 7) is 0.657. The number of nitrogens with two attached hydrogens (primary N) is 1. The van der Waals surface area contributed by atoms with Crippen molar-refractivity contribution in [3.63, 3.8) is 0 Å². The maximum absolute atomic E-state index is 12.4. The number of carbonyl (C=O) groups is 1. The van der Waals surface area contributed by atoms with Gasteiger partial charge >= 0.3 is 0 Å². The van der Waals surface area contributed by atoms with Gasteiger partial charge in [0.15, 0.2) is 0 Å². The Labute approximate surface area is 131 Å². The molecule has 1 aliphatic heterocycles. The fourth-order valence-electron chi connectivity index (χ4n) is 2.20. The van der Waals surface area contributed by atoms with E-state index in [-0.39, 0.29) is 12.5 Å². The van der Waals surface area contributed by atoms with Gasteiger partial charge in [0.1, 0.15) is 0 Å². The monoisotopic (exact) mass is 380 g/mol. The Morgan fingerprint density at radius 1 is 1.45 bits per heavy atom. The first-order valence-electron chi connectivity index (χ1n) is 6.05. The highest BCUT2D eigenvalue weighted by atomic mass is 79.9. The molecule has 1 unspecified atom stereocenters. The van der Waals surface area contributed by atoms with E-state index in [2.05, 4.69) is 15.9 Å². The molecule has 1 aromatic carbocycles. The minimum Gasteiger partial charge on any atom is -0.337 e. The van der Waals surface area contributed by atoms with Gasteiger partial charge in [-0.3, -0.25) is 4.79 Å². The van der Waals surface area contributed by atoms with Gasteiger partial charge in [-0.2, -0.15) is 0 Å². The van der Waals surface area contributed by atoms with E-state index in [1.54, 1.807) is 18.2 Å². The maximum Gasteiger partial charge on any atom is 0.253 e. The zero-order valence-electron chi connectivity index (χ0n) is 10.6. The van der Waals surface area contributed by atoms with Crippen molar-refractivity contribution in [1.82, 2.24) is 4.90 Å². The Balaban J connectivity index is 2.18. The molecule has 0 aromatic heterocycles. The number of carbonyl (C=O) groups excluding carboxylic acids is 1. The molecule has 2 N–H and O–H groups in total. The lowest BCUT2D eigenvalue weighted by atomic mass is 10.1. The first-order valence-corrected chi connectivity index (χ1v) is 8.83. The van der Waals surface area contributed by atoms with Crippen molar-refractivity contribution in [2.24, 2.45) is 5.14 Å². The fourth-order valence-corrected chi connectivity index (χ4v) is 3.51. The van der Waals surface area contributed by atoms with Gasteiger partial charge in [-0.25, -0.2) is 13.6 Å². The van der Waals surface area contributed by atoms with Gasteiger partial charge in [-0.1, -0.05) is 11.6 Å². The molecule has 1 fully saturated rings. The van der Waals surface area contributed by atoms with Gasteiger partial charge in [-0.05, 0) is 47.0 Å². The maximum atomic E-state index is 12.4. The smallest absolute Gasteiger partial charge is 0.253 e. The zero-order valence-corrected chi connectivity index (χ0v) is 13.7. The average molecular weight is 382 g/mol. The lowest BCUT2D eigenvalue weighted by Gasteiger charge is -2.31. The largest absolute Gasteiger partial charge is 0.337 e. The molecule has 2 rings (SSSR count). The highest BCUT2D eigenvalue weighted by molar-refractivity contribution is 9.10. The van der Waals surface area contributed by atoms with Crippen LogP contribution < -0.4 is 5.14 Å². The summed E-state index contributed by atoms with van der Waals surface area (Å²) in [5.41, 5.74) is 0.438. The van der Waals surface area contributed by atoms with Gasteiger partial charge in [0.25, 0.3) is 5.91 Å². The minimum absolute atomic E-state index is 0.130. The summed E-state index contributed by atoms with van der Waals surface area (Å²) in [4.78, 5) is 13.9. The van der Waals surface area contributed by atoms with Gasteiger partial charge in [-0.15, -0.1) is 0 Å². The van der Waals surface area contributed by atoms with Crippen LogP contribution in [-0.2, 0) is 10.0 Å². The summed E-state index contributed by atoms with van der Waals surface area (Å²) in [6, 6.07) is 4.91. The van der Waals surface area contributed by atoms with E-state index < -0.39 is 15.3 Å². The number of sulfonamides is 1. The molecule has 1 atom stereocenters. The Bertz CT molecular complexity index is 636. The quantitative estimate of drug-likeness (QED) is 0.851. The number of piperidine rings is 1. The van der Waals surface area contributed by atoms with Crippen LogP contribution in [0.15, 0.2) is 22.7 Å². The van der Waals surface area contributed by atoms with Gasteiger partial charge in [0.05, 0.1) is 10.3 Å². The predicted molar refractivity (Wildman–Crippen MR) is 81.2 cm³/mol. The highest BCUT2D eigenvalue weighted by Gasteiger charge is 2.30. The first-order chi connectivity index (χ1) is 9.29. The fraction of sp³-hybridized carbons (Fsp3) is 0.417. The zero-order chi connectivity index (χ0) is 14.9. The van der Waals surface area contributed by atoms with Crippen molar-refractivity contribution in [3.05, 3.63) is 33.3 Å². The number of nitrogens with zero attached hydrogens (tertiary/aromatic N) is 1. The standard InChI is InChI=1S/C12H14BrClN2O3S/c13-10-4-3-8(6-11(10)14)12(17)16-5-1-2-9(7-16)20(15,18)19/h3-4,6,9H,1-2,5,7H2,(H2,15,18,19). The average Bonchev–Trinajstić information content (AvgIpc) is 2.40. The Morgan fingerprint density at radius 3 is 2.75 bits per heavy atom. The molecule has 1 aromatic rings. The van der Waals surface area contributed by atoms with Crippen molar-refractivity contribution in [2.45, 2.75) is 18.1 Å². The SMILES string of the molecule is NS(=O)(=O)C1CCCN(C(=O)c2ccc(Br)c(Cl)c2)C1. The molecule has 0 bridgehead atoms. The molecule has 0 saturated carbocycles. The predicted octanol–water partition coefficient (Wildman–Crippen LogP) is 2.00. The third-order valence-electron chi connectivity index (χ3n) is 3.30. The summed E-state index contributed by atoms with van der Waals surface area (Å²) in [6.07, 6.45) is 1.11. The molecule has 110 valence electrons. The Morgan fingerprint density at radius 2 is 2.15 bits per heavy atom. The van der Waals surface area contributed by atoms with E-state index >= 15 is 0 Å². The van der Waals surface area contributed by atoms with Gasteiger partial charge < -0.3 is 4.90 Å². The van der Waals surface area contributed by atoms with Crippen molar-refractivity contribution < 1.29 is 13.2 Å². The number of benzene rings is 1. The Hall–Kier alpha value is -0.630. The van der Waals surface area contributed by atoms with E-state index in [9.17, 15) is 13.2 Å². The van der Waals surface area contributed by atoms with E-state index in [4.69, 9.17) is 16.7 Å². The Kier molecular flexibility index (Phi) is 4.73. The van der Waals surface area contributed by atoms with Crippen molar-refractivity contribution >= 4 is 43.5 Å². The number of rotatable bonds is 2. The molecule has 0 spiro atoms. The molecule has 20 heavy (non-hydrogen) atoms. The van der Waals surface area contributed by atoms with Crippen molar-refractivity contribution in [3.8, 4) is 0 Å². The van der Waals surface area contributed by atoms with Crippen LogP contribution in [0.3, 0.4) is 0 Å². The molecular weight excluding hydrogens is 368 g/mol. The summed E-state index contributed by atoms with van der Waals surface area (Å²) in [5, 5.41) is 4.91. The lowest BCUT2D eigenvalue weighted by Crippen LogP contribution is -2.47.